The predicted molar refractivity (Wildman–Crippen MR) is 189 cm³/mol. The van der Waals surface area contributed by atoms with E-state index >= 15 is 0 Å². The fraction of sp³-hybridized carbons (Fsp3) is 0.300. The SMILES string of the molecule is COc1ccccc1N1CCN(CCCOc2cc(C(=O)c3cn(CCCC(=O)[O-])c4ccccc34)ccc2OCc2ccc(F)cc2)CC1.[K+]. The summed E-state index contributed by atoms with van der Waals surface area (Å²) in [5.41, 5.74) is 3.73. The first-order chi connectivity index (χ1) is 24.4. The number of aromatic nitrogens is 1. The van der Waals surface area contributed by atoms with Gasteiger partial charge in [-0.1, -0.05) is 42.5 Å². The molecule has 0 saturated carbocycles. The van der Waals surface area contributed by atoms with Crippen molar-refractivity contribution in [3.05, 3.63) is 120 Å². The number of carboxylic acids is 1. The number of hydrogen-bond acceptors (Lipinski definition) is 8. The molecule has 0 radical (unpaired) electrons. The number of ether oxygens (including phenoxy) is 3. The second kappa shape index (κ2) is 18.7. The van der Waals surface area contributed by atoms with Crippen LogP contribution in [0.5, 0.6) is 17.2 Å². The Kier molecular flexibility index (Phi) is 14.1. The molecule has 0 aliphatic carbocycles. The fourth-order valence-corrected chi connectivity index (χ4v) is 6.36. The smallest absolute Gasteiger partial charge is 0.550 e. The van der Waals surface area contributed by atoms with Gasteiger partial charge in [0.05, 0.1) is 19.4 Å². The van der Waals surface area contributed by atoms with Gasteiger partial charge in [0.1, 0.15) is 18.2 Å². The van der Waals surface area contributed by atoms with Crippen molar-refractivity contribution in [2.75, 3.05) is 51.3 Å². The summed E-state index contributed by atoms with van der Waals surface area (Å²) in [6, 6.07) is 27.0. The van der Waals surface area contributed by atoms with E-state index in [1.54, 1.807) is 43.6 Å². The van der Waals surface area contributed by atoms with Gasteiger partial charge in [0.15, 0.2) is 17.3 Å². The predicted octanol–water partition coefficient (Wildman–Crippen LogP) is 2.72. The fourth-order valence-electron chi connectivity index (χ4n) is 6.36. The van der Waals surface area contributed by atoms with Crippen LogP contribution in [-0.2, 0) is 17.9 Å². The minimum atomic E-state index is -1.10. The molecule has 9 nitrogen and oxygen atoms in total. The van der Waals surface area contributed by atoms with E-state index < -0.39 is 5.97 Å². The van der Waals surface area contributed by atoms with Gasteiger partial charge in [-0.25, -0.2) is 4.39 Å². The molecule has 1 saturated heterocycles. The van der Waals surface area contributed by atoms with Crippen LogP contribution >= 0.6 is 0 Å². The number of aryl methyl sites for hydroxylation is 1. The Morgan fingerprint density at radius 2 is 1.55 bits per heavy atom. The van der Waals surface area contributed by atoms with Gasteiger partial charge in [0, 0.05) is 73.5 Å². The Labute approximate surface area is 340 Å². The van der Waals surface area contributed by atoms with Crippen LogP contribution in [-0.4, -0.2) is 67.7 Å². The third-order valence-electron chi connectivity index (χ3n) is 9.00. The minimum absolute atomic E-state index is 0. The zero-order valence-corrected chi connectivity index (χ0v) is 32.3. The van der Waals surface area contributed by atoms with Gasteiger partial charge < -0.3 is 33.6 Å². The van der Waals surface area contributed by atoms with E-state index in [0.717, 1.165) is 67.0 Å². The van der Waals surface area contributed by atoms with Crippen molar-refractivity contribution in [3.63, 3.8) is 0 Å². The summed E-state index contributed by atoms with van der Waals surface area (Å²) in [5.74, 6) is 0.230. The third-order valence-corrected chi connectivity index (χ3v) is 9.00. The van der Waals surface area contributed by atoms with Crippen LogP contribution in [0.1, 0.15) is 40.7 Å². The normalized spacial score (nSPS) is 13.1. The molecule has 0 spiro atoms. The number of halogens is 1. The average molecular weight is 718 g/mol. The van der Waals surface area contributed by atoms with Crippen LogP contribution in [0.25, 0.3) is 10.9 Å². The molecule has 0 unspecified atom stereocenters. The Bertz CT molecular complexity index is 1920. The summed E-state index contributed by atoms with van der Waals surface area (Å²) >= 11 is 0. The first-order valence-corrected chi connectivity index (χ1v) is 17.0. The first-order valence-electron chi connectivity index (χ1n) is 17.0. The largest absolute Gasteiger partial charge is 1.00 e. The molecule has 1 fully saturated rings. The maximum atomic E-state index is 14.0. The van der Waals surface area contributed by atoms with E-state index in [4.69, 9.17) is 14.2 Å². The molecular formula is C40H41FKN3O6. The summed E-state index contributed by atoms with van der Waals surface area (Å²) in [5, 5.41) is 11.8. The summed E-state index contributed by atoms with van der Waals surface area (Å²) in [4.78, 5) is 29.7. The van der Waals surface area contributed by atoms with Gasteiger partial charge in [-0.15, -0.1) is 0 Å². The zero-order chi connectivity index (χ0) is 34.9. The van der Waals surface area contributed by atoms with Gasteiger partial charge in [-0.2, -0.15) is 0 Å². The summed E-state index contributed by atoms with van der Waals surface area (Å²) in [6.07, 6.45) is 2.90. The number of ketones is 1. The number of fused-ring (bicyclic) bond motifs is 1. The van der Waals surface area contributed by atoms with Gasteiger partial charge in [-0.3, -0.25) is 9.69 Å². The zero-order valence-electron chi connectivity index (χ0n) is 29.2. The van der Waals surface area contributed by atoms with E-state index in [2.05, 4.69) is 15.9 Å². The number of methoxy groups -OCH3 is 1. The minimum Gasteiger partial charge on any atom is -0.550 e. The van der Waals surface area contributed by atoms with E-state index in [1.165, 1.54) is 12.1 Å². The molecular weight excluding hydrogens is 677 g/mol. The number of anilines is 1. The molecule has 260 valence electrons. The number of carboxylic acid groups (broad SMARTS) is 1. The summed E-state index contributed by atoms with van der Waals surface area (Å²) < 4.78 is 33.4. The van der Waals surface area contributed by atoms with Crippen LogP contribution in [0.2, 0.25) is 0 Å². The summed E-state index contributed by atoms with van der Waals surface area (Å²) in [7, 11) is 1.70. The Balaban J connectivity index is 0.00000504. The molecule has 2 heterocycles. The Hall–Kier alpha value is -3.71. The molecule has 1 aromatic heterocycles. The first kappa shape index (κ1) is 38.5. The number of carbonyl (C=O) groups is 2. The van der Waals surface area contributed by atoms with Crippen molar-refractivity contribution in [3.8, 4) is 17.2 Å². The molecule has 1 aliphatic heterocycles. The molecule has 0 bridgehead atoms. The van der Waals surface area contributed by atoms with E-state index in [9.17, 15) is 19.1 Å². The van der Waals surface area contributed by atoms with Crippen molar-refractivity contribution in [2.24, 2.45) is 0 Å². The van der Waals surface area contributed by atoms with Crippen molar-refractivity contribution in [1.29, 1.82) is 0 Å². The van der Waals surface area contributed by atoms with Crippen LogP contribution in [0.15, 0.2) is 97.2 Å². The molecule has 6 rings (SSSR count). The van der Waals surface area contributed by atoms with Crippen LogP contribution in [0, 0.1) is 5.82 Å². The van der Waals surface area contributed by atoms with Crippen molar-refractivity contribution in [2.45, 2.75) is 32.4 Å². The number of benzene rings is 4. The number of para-hydroxylation sites is 3. The van der Waals surface area contributed by atoms with Gasteiger partial charge >= 0.3 is 51.4 Å². The van der Waals surface area contributed by atoms with Crippen molar-refractivity contribution >= 4 is 28.3 Å². The third kappa shape index (κ3) is 10.00. The maximum absolute atomic E-state index is 14.0. The van der Waals surface area contributed by atoms with Crippen LogP contribution in [0.4, 0.5) is 10.1 Å². The number of aliphatic carboxylic acids is 1. The monoisotopic (exact) mass is 717 g/mol. The van der Waals surface area contributed by atoms with Crippen LogP contribution < -0.4 is 75.6 Å². The molecule has 11 heteroatoms. The quantitative estimate of drug-likeness (QED) is 0.0875. The Morgan fingerprint density at radius 3 is 2.31 bits per heavy atom. The average Bonchev–Trinajstić information content (AvgIpc) is 3.51. The summed E-state index contributed by atoms with van der Waals surface area (Å²) in [6.45, 7) is 5.60. The molecule has 51 heavy (non-hydrogen) atoms. The number of carbonyl (C=O) groups excluding carboxylic acids is 2. The molecule has 1 aliphatic rings. The van der Waals surface area contributed by atoms with Gasteiger partial charge in [0.2, 0.25) is 0 Å². The molecule has 0 amide bonds. The second-order valence-corrected chi connectivity index (χ2v) is 12.3. The number of piperazine rings is 1. The molecule has 0 atom stereocenters. The van der Waals surface area contributed by atoms with Crippen molar-refractivity contribution in [1.82, 2.24) is 9.47 Å². The molecule has 0 N–H and O–H groups in total. The van der Waals surface area contributed by atoms with Gasteiger partial charge in [0.25, 0.3) is 0 Å². The standard InChI is InChI=1S/C40H42FN3O6.K/c1-48-36-11-5-4-10-35(36)43-23-21-42(22-24-43)19-7-25-49-38-26-30(15-18-37(38)50-28-29-13-16-31(41)17-14-29)40(47)33-27-44(20-6-12-39(45)46)34-9-3-2-8-32(33)34;/h2-5,8-11,13-18,26-27H,6-7,12,19-25,28H2,1H3,(H,45,46);/q;+1/p-1. The van der Waals surface area contributed by atoms with E-state index in [1.807, 2.05) is 47.0 Å². The van der Waals surface area contributed by atoms with Crippen molar-refractivity contribution < 1.29 is 84.7 Å². The van der Waals surface area contributed by atoms with E-state index in [-0.39, 0.29) is 76.0 Å². The maximum Gasteiger partial charge on any atom is 1.00 e. The topological polar surface area (TPSA) is 96.3 Å². The van der Waals surface area contributed by atoms with Gasteiger partial charge in [-0.05, 0) is 73.4 Å². The van der Waals surface area contributed by atoms with Crippen LogP contribution in [0.3, 0.4) is 0 Å². The second-order valence-electron chi connectivity index (χ2n) is 12.3. The van der Waals surface area contributed by atoms with E-state index in [0.29, 0.717) is 42.2 Å². The molecule has 4 aromatic carbocycles. The number of nitrogens with zero attached hydrogens (tertiary/aromatic N) is 3. The number of hydrogen-bond donors (Lipinski definition) is 0. The molecule has 5 aromatic rings. The number of rotatable bonds is 16. The Morgan fingerprint density at radius 1 is 0.804 bits per heavy atom.